The molecule has 0 aliphatic heterocycles. The van der Waals surface area contributed by atoms with Crippen molar-refractivity contribution in [3.63, 3.8) is 0 Å². The van der Waals surface area contributed by atoms with Crippen molar-refractivity contribution in [3.8, 4) is 5.75 Å². The standard InChI is InChI=1S/C22H25N3O5/c1-15-6-4-9-19(16(15)2)24-20(26)10-11-21(27)25-23-13-17-7-5-8-18(12-17)30-14-22(28)29-3/h4-9,12-13H,10-11,14H2,1-3H3,(H,24,26)(H,25,27). The number of benzene rings is 2. The van der Waals surface area contributed by atoms with Crippen LogP contribution in [0.4, 0.5) is 5.69 Å². The summed E-state index contributed by atoms with van der Waals surface area (Å²) in [5.41, 5.74) is 5.88. The van der Waals surface area contributed by atoms with Gasteiger partial charge in [-0.15, -0.1) is 0 Å². The number of rotatable bonds is 9. The minimum absolute atomic E-state index is 0.0102. The van der Waals surface area contributed by atoms with E-state index in [1.54, 1.807) is 24.3 Å². The number of esters is 1. The molecule has 0 radical (unpaired) electrons. The molecule has 2 amide bonds. The van der Waals surface area contributed by atoms with E-state index in [1.807, 2.05) is 32.0 Å². The van der Waals surface area contributed by atoms with Gasteiger partial charge in [-0.25, -0.2) is 10.2 Å². The summed E-state index contributed by atoms with van der Waals surface area (Å²) in [7, 11) is 1.28. The number of methoxy groups -OCH3 is 1. The first-order valence-electron chi connectivity index (χ1n) is 9.36. The van der Waals surface area contributed by atoms with E-state index in [0.717, 1.165) is 16.8 Å². The quantitative estimate of drug-likeness (QED) is 0.375. The van der Waals surface area contributed by atoms with Crippen molar-refractivity contribution in [2.24, 2.45) is 5.10 Å². The molecule has 0 saturated heterocycles. The Balaban J connectivity index is 1.77. The van der Waals surface area contributed by atoms with Gasteiger partial charge in [0.25, 0.3) is 0 Å². The van der Waals surface area contributed by atoms with Gasteiger partial charge in [0.1, 0.15) is 5.75 Å². The van der Waals surface area contributed by atoms with Crippen LogP contribution in [0.2, 0.25) is 0 Å². The number of hydrazone groups is 1. The highest BCUT2D eigenvalue weighted by molar-refractivity contribution is 5.94. The first kappa shape index (κ1) is 22.6. The van der Waals surface area contributed by atoms with Crippen LogP contribution < -0.4 is 15.5 Å². The highest BCUT2D eigenvalue weighted by atomic mass is 16.6. The molecule has 8 nitrogen and oxygen atoms in total. The maximum atomic E-state index is 12.1. The second-order valence-electron chi connectivity index (χ2n) is 6.53. The number of anilines is 1. The van der Waals surface area contributed by atoms with E-state index in [2.05, 4.69) is 20.6 Å². The predicted octanol–water partition coefficient (Wildman–Crippen LogP) is 2.72. The molecular weight excluding hydrogens is 386 g/mol. The lowest BCUT2D eigenvalue weighted by Gasteiger charge is -2.10. The van der Waals surface area contributed by atoms with Crippen LogP contribution in [0, 0.1) is 13.8 Å². The lowest BCUT2D eigenvalue weighted by atomic mass is 10.1. The lowest BCUT2D eigenvalue weighted by Crippen LogP contribution is -2.21. The van der Waals surface area contributed by atoms with Crippen LogP contribution in [0.25, 0.3) is 0 Å². The Morgan fingerprint density at radius 1 is 1.03 bits per heavy atom. The molecule has 30 heavy (non-hydrogen) atoms. The van der Waals surface area contributed by atoms with Gasteiger partial charge in [-0.05, 0) is 48.7 Å². The molecule has 2 aromatic carbocycles. The molecular formula is C22H25N3O5. The molecule has 0 heterocycles. The fourth-order valence-corrected chi connectivity index (χ4v) is 2.45. The van der Waals surface area contributed by atoms with E-state index < -0.39 is 5.97 Å². The molecule has 0 saturated carbocycles. The zero-order chi connectivity index (χ0) is 21.9. The lowest BCUT2D eigenvalue weighted by molar-refractivity contribution is -0.142. The third-order valence-corrected chi connectivity index (χ3v) is 4.30. The molecule has 0 aromatic heterocycles. The van der Waals surface area contributed by atoms with Gasteiger partial charge in [0.15, 0.2) is 6.61 Å². The maximum absolute atomic E-state index is 12.1. The van der Waals surface area contributed by atoms with Crippen LogP contribution in [0.15, 0.2) is 47.6 Å². The fourth-order valence-electron chi connectivity index (χ4n) is 2.45. The van der Waals surface area contributed by atoms with Crippen molar-refractivity contribution in [3.05, 3.63) is 59.2 Å². The van der Waals surface area contributed by atoms with Crippen molar-refractivity contribution >= 4 is 29.7 Å². The second kappa shape index (κ2) is 11.4. The summed E-state index contributed by atoms with van der Waals surface area (Å²) in [4.78, 5) is 35.1. The Morgan fingerprint density at radius 3 is 2.53 bits per heavy atom. The molecule has 0 aliphatic carbocycles. The Hall–Kier alpha value is -3.68. The Morgan fingerprint density at radius 2 is 1.77 bits per heavy atom. The van der Waals surface area contributed by atoms with Crippen molar-refractivity contribution in [1.82, 2.24) is 5.43 Å². The van der Waals surface area contributed by atoms with Gasteiger partial charge in [-0.3, -0.25) is 9.59 Å². The third-order valence-electron chi connectivity index (χ3n) is 4.30. The smallest absolute Gasteiger partial charge is 0.343 e. The van der Waals surface area contributed by atoms with Crippen LogP contribution in [0.1, 0.15) is 29.5 Å². The molecule has 8 heteroatoms. The van der Waals surface area contributed by atoms with Gasteiger partial charge < -0.3 is 14.8 Å². The Labute approximate surface area is 175 Å². The molecule has 2 N–H and O–H groups in total. The second-order valence-corrected chi connectivity index (χ2v) is 6.53. The zero-order valence-electron chi connectivity index (χ0n) is 17.2. The summed E-state index contributed by atoms with van der Waals surface area (Å²) in [5.74, 6) is -0.625. The van der Waals surface area contributed by atoms with Crippen molar-refractivity contribution in [1.29, 1.82) is 0 Å². The number of aryl methyl sites for hydroxylation is 1. The van der Waals surface area contributed by atoms with E-state index >= 15 is 0 Å². The molecule has 0 spiro atoms. The van der Waals surface area contributed by atoms with Gasteiger partial charge in [-0.2, -0.15) is 5.10 Å². The van der Waals surface area contributed by atoms with Crippen LogP contribution >= 0.6 is 0 Å². The summed E-state index contributed by atoms with van der Waals surface area (Å²) >= 11 is 0. The average molecular weight is 411 g/mol. The number of carbonyl (C=O) groups excluding carboxylic acids is 3. The molecule has 0 fully saturated rings. The van der Waals surface area contributed by atoms with Crippen LogP contribution in [0.3, 0.4) is 0 Å². The Kier molecular flexibility index (Phi) is 8.56. The third kappa shape index (κ3) is 7.38. The van der Waals surface area contributed by atoms with E-state index in [4.69, 9.17) is 4.74 Å². The summed E-state index contributed by atoms with van der Waals surface area (Å²) in [6, 6.07) is 12.5. The SMILES string of the molecule is COC(=O)COc1cccc(C=NNC(=O)CCC(=O)Nc2cccc(C)c2C)c1. The van der Waals surface area contributed by atoms with Crippen LogP contribution in [-0.4, -0.2) is 37.7 Å². The number of carbonyl (C=O) groups is 3. The van der Waals surface area contributed by atoms with Crippen molar-refractivity contribution in [2.75, 3.05) is 19.0 Å². The minimum Gasteiger partial charge on any atom is -0.482 e. The van der Waals surface area contributed by atoms with Crippen molar-refractivity contribution in [2.45, 2.75) is 26.7 Å². The highest BCUT2D eigenvalue weighted by Crippen LogP contribution is 2.18. The number of ether oxygens (including phenoxy) is 2. The van der Waals surface area contributed by atoms with Crippen LogP contribution in [0.5, 0.6) is 5.75 Å². The van der Waals surface area contributed by atoms with Gasteiger partial charge in [-0.1, -0.05) is 24.3 Å². The largest absolute Gasteiger partial charge is 0.482 e. The van der Waals surface area contributed by atoms with Gasteiger partial charge >= 0.3 is 5.97 Å². The minimum atomic E-state index is -0.483. The summed E-state index contributed by atoms with van der Waals surface area (Å²) < 4.78 is 9.80. The topological polar surface area (TPSA) is 106 Å². The molecule has 0 unspecified atom stereocenters. The van der Waals surface area contributed by atoms with E-state index in [-0.39, 0.29) is 31.3 Å². The van der Waals surface area contributed by atoms with Gasteiger partial charge in [0.2, 0.25) is 11.8 Å². The molecule has 0 aliphatic rings. The first-order valence-corrected chi connectivity index (χ1v) is 9.36. The van der Waals surface area contributed by atoms with E-state index in [9.17, 15) is 14.4 Å². The summed E-state index contributed by atoms with van der Waals surface area (Å²) in [5, 5.41) is 6.69. The number of nitrogens with zero attached hydrogens (tertiary/aromatic N) is 1. The maximum Gasteiger partial charge on any atom is 0.343 e. The van der Waals surface area contributed by atoms with E-state index in [1.165, 1.54) is 13.3 Å². The molecule has 2 aromatic rings. The number of hydrogen-bond donors (Lipinski definition) is 2. The summed E-state index contributed by atoms with van der Waals surface area (Å²) in [6.45, 7) is 3.71. The van der Waals surface area contributed by atoms with Crippen LogP contribution in [-0.2, 0) is 19.1 Å². The number of nitrogens with one attached hydrogen (secondary N) is 2. The van der Waals surface area contributed by atoms with Gasteiger partial charge in [0, 0.05) is 18.5 Å². The molecule has 158 valence electrons. The first-order chi connectivity index (χ1) is 14.4. The number of amides is 2. The summed E-state index contributed by atoms with van der Waals surface area (Å²) in [6.07, 6.45) is 1.50. The molecule has 0 atom stereocenters. The molecule has 0 bridgehead atoms. The number of hydrogen-bond acceptors (Lipinski definition) is 6. The van der Waals surface area contributed by atoms with Gasteiger partial charge in [0.05, 0.1) is 13.3 Å². The van der Waals surface area contributed by atoms with E-state index in [0.29, 0.717) is 11.3 Å². The highest BCUT2D eigenvalue weighted by Gasteiger charge is 2.09. The zero-order valence-corrected chi connectivity index (χ0v) is 17.2. The predicted molar refractivity (Wildman–Crippen MR) is 113 cm³/mol. The monoisotopic (exact) mass is 411 g/mol. The Bertz CT molecular complexity index is 940. The normalized spacial score (nSPS) is 10.5. The van der Waals surface area contributed by atoms with Crippen molar-refractivity contribution < 1.29 is 23.9 Å². The average Bonchev–Trinajstić information content (AvgIpc) is 2.74. The molecule has 2 rings (SSSR count). The fraction of sp³-hybridized carbons (Fsp3) is 0.273.